The Morgan fingerprint density at radius 1 is 0.943 bits per heavy atom. The van der Waals surface area contributed by atoms with Crippen molar-refractivity contribution in [3.8, 4) is 11.1 Å². The van der Waals surface area contributed by atoms with Crippen LogP contribution in [0.5, 0.6) is 0 Å². The van der Waals surface area contributed by atoms with Crippen molar-refractivity contribution in [2.45, 2.75) is 45.1 Å². The zero-order valence-electron chi connectivity index (χ0n) is 20.3. The molecule has 35 heavy (non-hydrogen) atoms. The van der Waals surface area contributed by atoms with Crippen LogP contribution in [-0.2, 0) is 19.1 Å². The van der Waals surface area contributed by atoms with Crippen molar-refractivity contribution in [3.63, 3.8) is 0 Å². The molecule has 0 bridgehead atoms. The molecule has 2 amide bonds. The lowest BCUT2D eigenvalue weighted by molar-refractivity contribution is -0.142. The Hall–Kier alpha value is -3.39. The summed E-state index contributed by atoms with van der Waals surface area (Å²) in [4.78, 5) is 35.4. The Balaban J connectivity index is 1.32. The summed E-state index contributed by atoms with van der Waals surface area (Å²) in [5.74, 6) is -1.04. The molecule has 0 radical (unpaired) electrons. The van der Waals surface area contributed by atoms with Crippen LogP contribution in [0.1, 0.15) is 50.2 Å². The van der Waals surface area contributed by atoms with E-state index >= 15 is 0 Å². The second-order valence-electron chi connectivity index (χ2n) is 9.04. The van der Waals surface area contributed by atoms with Gasteiger partial charge in [0.25, 0.3) is 0 Å². The van der Waals surface area contributed by atoms with E-state index < -0.39 is 18.1 Å². The largest absolute Gasteiger partial charge is 0.480 e. The Morgan fingerprint density at radius 2 is 1.57 bits per heavy atom. The second-order valence-corrected chi connectivity index (χ2v) is 9.04. The van der Waals surface area contributed by atoms with E-state index in [9.17, 15) is 19.5 Å². The van der Waals surface area contributed by atoms with Crippen LogP contribution >= 0.6 is 0 Å². The van der Waals surface area contributed by atoms with Gasteiger partial charge >= 0.3 is 12.1 Å². The van der Waals surface area contributed by atoms with E-state index in [4.69, 9.17) is 9.47 Å². The van der Waals surface area contributed by atoms with Crippen molar-refractivity contribution in [3.05, 3.63) is 59.7 Å². The molecular weight excluding hydrogens is 448 g/mol. The van der Waals surface area contributed by atoms with Crippen molar-refractivity contribution >= 4 is 18.0 Å². The molecule has 0 fully saturated rings. The molecule has 1 aliphatic rings. The van der Waals surface area contributed by atoms with Crippen molar-refractivity contribution in [2.24, 2.45) is 5.92 Å². The van der Waals surface area contributed by atoms with Crippen molar-refractivity contribution in [1.82, 2.24) is 10.6 Å². The summed E-state index contributed by atoms with van der Waals surface area (Å²) in [5, 5.41) is 14.4. The van der Waals surface area contributed by atoms with Gasteiger partial charge in [-0.15, -0.1) is 0 Å². The number of nitrogens with one attached hydrogen (secondary N) is 2. The van der Waals surface area contributed by atoms with Crippen LogP contribution in [-0.4, -0.2) is 55.5 Å². The summed E-state index contributed by atoms with van der Waals surface area (Å²) in [6.45, 7) is 4.84. The Labute approximate surface area is 206 Å². The minimum atomic E-state index is -1.03. The molecule has 0 saturated carbocycles. The third kappa shape index (κ3) is 7.55. The molecule has 0 heterocycles. The van der Waals surface area contributed by atoms with Crippen molar-refractivity contribution < 1.29 is 29.0 Å². The quantitative estimate of drug-likeness (QED) is 0.373. The van der Waals surface area contributed by atoms with E-state index in [1.54, 1.807) is 0 Å². The number of hydrogen-bond acceptors (Lipinski definition) is 5. The number of ether oxygens (including phenoxy) is 2. The van der Waals surface area contributed by atoms with E-state index in [1.807, 2.05) is 38.1 Å². The van der Waals surface area contributed by atoms with Gasteiger partial charge < -0.3 is 25.2 Å². The highest BCUT2D eigenvalue weighted by Gasteiger charge is 2.29. The number of rotatable bonds is 13. The Morgan fingerprint density at radius 3 is 2.17 bits per heavy atom. The minimum absolute atomic E-state index is 0.00178. The van der Waals surface area contributed by atoms with Crippen LogP contribution in [0.3, 0.4) is 0 Å². The molecule has 188 valence electrons. The highest BCUT2D eigenvalue weighted by atomic mass is 16.5. The molecule has 0 spiro atoms. The van der Waals surface area contributed by atoms with Crippen molar-refractivity contribution in [2.75, 3.05) is 26.4 Å². The number of fused-ring (bicyclic) bond motifs is 3. The van der Waals surface area contributed by atoms with Crippen LogP contribution in [0.15, 0.2) is 48.5 Å². The number of hydrogen-bond donors (Lipinski definition) is 3. The molecule has 1 unspecified atom stereocenters. The summed E-state index contributed by atoms with van der Waals surface area (Å²) < 4.78 is 10.9. The van der Waals surface area contributed by atoms with Crippen molar-refractivity contribution in [1.29, 1.82) is 0 Å². The molecule has 3 rings (SSSR count). The molecule has 1 atom stereocenters. The standard InChI is InChI=1S/C27H34N2O6/c1-18(2)11-12-24(26(31)32)29-25(30)13-15-34-16-14-28-27(33)35-17-23-21-9-5-3-7-19(21)20-8-4-6-10-22(20)23/h3-10,18,23-24H,11-17H2,1-2H3,(H,28,33)(H,29,30)(H,31,32). The van der Waals surface area contributed by atoms with E-state index in [-0.39, 0.29) is 44.6 Å². The van der Waals surface area contributed by atoms with E-state index in [0.29, 0.717) is 12.3 Å². The van der Waals surface area contributed by atoms with Gasteiger partial charge in [-0.2, -0.15) is 0 Å². The highest BCUT2D eigenvalue weighted by molar-refractivity contribution is 5.83. The fraction of sp³-hybridized carbons (Fsp3) is 0.444. The molecule has 2 aromatic rings. The van der Waals surface area contributed by atoms with Crippen LogP contribution in [0.2, 0.25) is 0 Å². The number of carbonyl (C=O) groups excluding carboxylic acids is 2. The monoisotopic (exact) mass is 482 g/mol. The molecule has 3 N–H and O–H groups in total. The number of carboxylic acids is 1. The van der Waals surface area contributed by atoms with Gasteiger partial charge in [0, 0.05) is 18.9 Å². The molecule has 8 heteroatoms. The normalized spacial score (nSPS) is 13.1. The van der Waals surface area contributed by atoms with Crippen LogP contribution < -0.4 is 10.6 Å². The van der Waals surface area contributed by atoms with Crippen LogP contribution in [0.25, 0.3) is 11.1 Å². The third-order valence-corrected chi connectivity index (χ3v) is 6.00. The summed E-state index contributed by atoms with van der Waals surface area (Å²) in [6, 6.07) is 15.4. The molecule has 0 saturated heterocycles. The lowest BCUT2D eigenvalue weighted by Gasteiger charge is -2.16. The lowest BCUT2D eigenvalue weighted by atomic mass is 9.98. The van der Waals surface area contributed by atoms with Gasteiger partial charge in [-0.3, -0.25) is 4.79 Å². The van der Waals surface area contributed by atoms with Gasteiger partial charge in [-0.25, -0.2) is 9.59 Å². The predicted molar refractivity (Wildman–Crippen MR) is 132 cm³/mol. The van der Waals surface area contributed by atoms with E-state index in [2.05, 4.69) is 34.9 Å². The second kappa shape index (κ2) is 12.9. The average molecular weight is 483 g/mol. The predicted octanol–water partition coefficient (Wildman–Crippen LogP) is 3.94. The molecule has 8 nitrogen and oxygen atoms in total. The zero-order valence-corrected chi connectivity index (χ0v) is 20.3. The van der Waals surface area contributed by atoms with E-state index in [1.165, 1.54) is 11.1 Å². The fourth-order valence-corrected chi connectivity index (χ4v) is 4.17. The Bertz CT molecular complexity index is 977. The maximum Gasteiger partial charge on any atom is 0.407 e. The third-order valence-electron chi connectivity index (χ3n) is 6.00. The summed E-state index contributed by atoms with van der Waals surface area (Å²) in [5.41, 5.74) is 4.64. The first-order valence-electron chi connectivity index (χ1n) is 12.1. The van der Waals surface area contributed by atoms with E-state index in [0.717, 1.165) is 17.5 Å². The molecule has 0 aromatic heterocycles. The average Bonchev–Trinajstić information content (AvgIpc) is 3.16. The Kier molecular flexibility index (Phi) is 9.66. The molecule has 2 aromatic carbocycles. The van der Waals surface area contributed by atoms with Gasteiger partial charge in [0.05, 0.1) is 13.2 Å². The number of alkyl carbamates (subject to hydrolysis) is 1. The summed E-state index contributed by atoms with van der Waals surface area (Å²) >= 11 is 0. The summed E-state index contributed by atoms with van der Waals surface area (Å²) in [6.07, 6.45) is 0.637. The lowest BCUT2D eigenvalue weighted by Crippen LogP contribution is -2.41. The van der Waals surface area contributed by atoms with Gasteiger partial charge in [0.15, 0.2) is 0 Å². The fourth-order valence-electron chi connectivity index (χ4n) is 4.17. The summed E-state index contributed by atoms with van der Waals surface area (Å²) in [7, 11) is 0. The maximum atomic E-state index is 12.2. The first-order valence-corrected chi connectivity index (χ1v) is 12.1. The first-order chi connectivity index (χ1) is 16.9. The molecule has 1 aliphatic carbocycles. The highest BCUT2D eigenvalue weighted by Crippen LogP contribution is 2.44. The van der Waals surface area contributed by atoms with Gasteiger partial charge in [-0.05, 0) is 41.0 Å². The number of carbonyl (C=O) groups is 3. The maximum absolute atomic E-state index is 12.2. The number of amides is 2. The van der Waals surface area contributed by atoms with Crippen LogP contribution in [0.4, 0.5) is 4.79 Å². The topological polar surface area (TPSA) is 114 Å². The van der Waals surface area contributed by atoms with Gasteiger partial charge in [-0.1, -0.05) is 62.4 Å². The number of benzene rings is 2. The van der Waals surface area contributed by atoms with Gasteiger partial charge in [0.2, 0.25) is 5.91 Å². The SMILES string of the molecule is CC(C)CCC(NC(=O)CCOCCNC(=O)OCC1c2ccccc2-c2ccccc21)C(=O)O. The van der Waals surface area contributed by atoms with Gasteiger partial charge in [0.1, 0.15) is 12.6 Å². The van der Waals surface area contributed by atoms with Crippen LogP contribution in [0, 0.1) is 5.92 Å². The molecule has 0 aliphatic heterocycles. The first kappa shape index (κ1) is 26.2. The minimum Gasteiger partial charge on any atom is -0.480 e. The zero-order chi connectivity index (χ0) is 25.2. The number of aliphatic carboxylic acids is 1. The molecular formula is C27H34N2O6. The smallest absolute Gasteiger partial charge is 0.407 e. The number of carboxylic acid groups (broad SMARTS) is 1.